The molecule has 4 heteroatoms. The zero-order valence-electron chi connectivity index (χ0n) is 13.9. The number of carbonyl (C=O) groups is 1. The van der Waals surface area contributed by atoms with Gasteiger partial charge in [0.05, 0.1) is 13.7 Å². The molecule has 23 heavy (non-hydrogen) atoms. The summed E-state index contributed by atoms with van der Waals surface area (Å²) in [5.41, 5.74) is 3.00. The fraction of sp³-hybridized carbons (Fsp3) is 0.316. The topological polar surface area (TPSA) is 47.6 Å². The Morgan fingerprint density at radius 3 is 2.65 bits per heavy atom. The lowest BCUT2D eigenvalue weighted by Crippen LogP contribution is -2.12. The van der Waals surface area contributed by atoms with Gasteiger partial charge in [-0.2, -0.15) is 0 Å². The maximum absolute atomic E-state index is 12.1. The molecule has 2 rings (SSSR count). The Labute approximate surface area is 137 Å². The van der Waals surface area contributed by atoms with Gasteiger partial charge in [0.1, 0.15) is 0 Å². The van der Waals surface area contributed by atoms with Gasteiger partial charge in [0, 0.05) is 12.1 Å². The van der Waals surface area contributed by atoms with E-state index in [-0.39, 0.29) is 5.91 Å². The van der Waals surface area contributed by atoms with Crippen LogP contribution in [-0.4, -0.2) is 19.6 Å². The second-order valence-electron chi connectivity index (χ2n) is 5.34. The van der Waals surface area contributed by atoms with Gasteiger partial charge < -0.3 is 14.8 Å². The van der Waals surface area contributed by atoms with Crippen molar-refractivity contribution in [3.63, 3.8) is 0 Å². The summed E-state index contributed by atoms with van der Waals surface area (Å²) in [5, 5.41) is 2.92. The molecule has 0 aromatic heterocycles. The van der Waals surface area contributed by atoms with Gasteiger partial charge in [-0.1, -0.05) is 18.2 Å². The Hall–Kier alpha value is -2.49. The molecule has 1 amide bonds. The standard InChI is InChI=1S/C19H23NO3/c1-4-23-17-10-8-15(13-18(17)22-3)9-11-19(21)20-16-7-5-6-14(2)12-16/h5-8,10,12-13H,4,9,11H2,1-3H3,(H,20,21). The first-order valence-corrected chi connectivity index (χ1v) is 7.78. The Balaban J connectivity index is 1.93. The van der Waals surface area contributed by atoms with Gasteiger partial charge >= 0.3 is 0 Å². The van der Waals surface area contributed by atoms with Crippen molar-refractivity contribution in [2.45, 2.75) is 26.7 Å². The number of nitrogens with one attached hydrogen (secondary N) is 1. The van der Waals surface area contributed by atoms with Crippen LogP contribution in [0.15, 0.2) is 42.5 Å². The zero-order chi connectivity index (χ0) is 16.7. The van der Waals surface area contributed by atoms with Gasteiger partial charge in [-0.25, -0.2) is 0 Å². The molecule has 0 spiro atoms. The highest BCUT2D eigenvalue weighted by atomic mass is 16.5. The van der Waals surface area contributed by atoms with E-state index in [0.29, 0.717) is 25.2 Å². The van der Waals surface area contributed by atoms with E-state index in [4.69, 9.17) is 9.47 Å². The van der Waals surface area contributed by atoms with E-state index < -0.39 is 0 Å². The van der Waals surface area contributed by atoms with Crippen LogP contribution >= 0.6 is 0 Å². The number of rotatable bonds is 7. The van der Waals surface area contributed by atoms with Gasteiger partial charge in [0.25, 0.3) is 0 Å². The lowest BCUT2D eigenvalue weighted by atomic mass is 10.1. The highest BCUT2D eigenvalue weighted by Crippen LogP contribution is 2.28. The van der Waals surface area contributed by atoms with E-state index >= 15 is 0 Å². The number of amides is 1. The Kier molecular flexibility index (Phi) is 6.03. The smallest absolute Gasteiger partial charge is 0.224 e. The number of methoxy groups -OCH3 is 1. The van der Waals surface area contributed by atoms with Crippen molar-refractivity contribution < 1.29 is 14.3 Å². The normalized spacial score (nSPS) is 10.2. The summed E-state index contributed by atoms with van der Waals surface area (Å²) in [5.74, 6) is 1.43. The van der Waals surface area contributed by atoms with Crippen LogP contribution in [0.4, 0.5) is 5.69 Å². The second-order valence-corrected chi connectivity index (χ2v) is 5.34. The van der Waals surface area contributed by atoms with Crippen LogP contribution in [0.1, 0.15) is 24.5 Å². The molecule has 0 heterocycles. The van der Waals surface area contributed by atoms with Crippen LogP contribution in [0.25, 0.3) is 0 Å². The molecule has 0 aliphatic rings. The highest BCUT2D eigenvalue weighted by molar-refractivity contribution is 5.90. The molecule has 2 aromatic rings. The summed E-state index contributed by atoms with van der Waals surface area (Å²) in [6, 6.07) is 13.6. The first-order chi connectivity index (χ1) is 11.1. The first-order valence-electron chi connectivity index (χ1n) is 7.78. The molecule has 0 bridgehead atoms. The highest BCUT2D eigenvalue weighted by Gasteiger charge is 2.08. The van der Waals surface area contributed by atoms with Gasteiger partial charge in [-0.05, 0) is 55.7 Å². The number of aryl methyl sites for hydroxylation is 2. The molecule has 0 saturated heterocycles. The summed E-state index contributed by atoms with van der Waals surface area (Å²) in [6.07, 6.45) is 1.07. The summed E-state index contributed by atoms with van der Waals surface area (Å²) in [6.45, 7) is 4.53. The first kappa shape index (κ1) is 16.9. The third-order valence-electron chi connectivity index (χ3n) is 3.47. The zero-order valence-corrected chi connectivity index (χ0v) is 13.9. The third kappa shape index (κ3) is 5.02. The molecule has 1 N–H and O–H groups in total. The number of hydrogen-bond acceptors (Lipinski definition) is 3. The van der Waals surface area contributed by atoms with Crippen LogP contribution in [0.3, 0.4) is 0 Å². The Morgan fingerprint density at radius 1 is 1.13 bits per heavy atom. The second kappa shape index (κ2) is 8.22. The minimum atomic E-state index is 0.00320. The number of hydrogen-bond donors (Lipinski definition) is 1. The molecule has 2 aromatic carbocycles. The molecule has 0 aliphatic carbocycles. The van der Waals surface area contributed by atoms with Crippen LogP contribution in [0, 0.1) is 6.92 Å². The Bertz CT molecular complexity index is 667. The molecular formula is C19H23NO3. The van der Waals surface area contributed by atoms with E-state index in [2.05, 4.69) is 5.32 Å². The van der Waals surface area contributed by atoms with E-state index in [9.17, 15) is 4.79 Å². The fourth-order valence-electron chi connectivity index (χ4n) is 2.35. The predicted octanol–water partition coefficient (Wildman–Crippen LogP) is 3.97. The SMILES string of the molecule is CCOc1ccc(CCC(=O)Nc2cccc(C)c2)cc1OC. The fourth-order valence-corrected chi connectivity index (χ4v) is 2.35. The van der Waals surface area contributed by atoms with Crippen molar-refractivity contribution in [3.05, 3.63) is 53.6 Å². The third-order valence-corrected chi connectivity index (χ3v) is 3.47. The average Bonchev–Trinajstić information content (AvgIpc) is 2.54. The van der Waals surface area contributed by atoms with Crippen LogP contribution < -0.4 is 14.8 Å². The number of ether oxygens (including phenoxy) is 2. The van der Waals surface area contributed by atoms with Crippen LogP contribution in [0.5, 0.6) is 11.5 Å². The summed E-state index contributed by atoms with van der Waals surface area (Å²) >= 11 is 0. The minimum absolute atomic E-state index is 0.00320. The van der Waals surface area contributed by atoms with Crippen molar-refractivity contribution in [3.8, 4) is 11.5 Å². The van der Waals surface area contributed by atoms with Crippen molar-refractivity contribution in [2.24, 2.45) is 0 Å². The molecule has 0 fully saturated rings. The summed E-state index contributed by atoms with van der Waals surface area (Å²) in [7, 11) is 1.62. The largest absolute Gasteiger partial charge is 0.493 e. The number of anilines is 1. The van der Waals surface area contributed by atoms with Crippen LogP contribution in [-0.2, 0) is 11.2 Å². The Morgan fingerprint density at radius 2 is 1.96 bits per heavy atom. The van der Waals surface area contributed by atoms with Crippen molar-refractivity contribution in [2.75, 3.05) is 19.0 Å². The molecule has 0 unspecified atom stereocenters. The quantitative estimate of drug-likeness (QED) is 0.841. The number of benzene rings is 2. The lowest BCUT2D eigenvalue weighted by Gasteiger charge is -2.11. The average molecular weight is 313 g/mol. The minimum Gasteiger partial charge on any atom is -0.493 e. The molecular weight excluding hydrogens is 290 g/mol. The van der Waals surface area contributed by atoms with E-state index in [1.165, 1.54) is 0 Å². The molecule has 0 saturated carbocycles. The van der Waals surface area contributed by atoms with E-state index in [0.717, 1.165) is 22.6 Å². The van der Waals surface area contributed by atoms with Gasteiger partial charge in [0.15, 0.2) is 11.5 Å². The summed E-state index contributed by atoms with van der Waals surface area (Å²) < 4.78 is 10.8. The van der Waals surface area contributed by atoms with Crippen LogP contribution in [0.2, 0.25) is 0 Å². The summed E-state index contributed by atoms with van der Waals surface area (Å²) in [4.78, 5) is 12.1. The van der Waals surface area contributed by atoms with E-state index in [1.807, 2.05) is 56.3 Å². The molecule has 4 nitrogen and oxygen atoms in total. The van der Waals surface area contributed by atoms with Gasteiger partial charge in [0.2, 0.25) is 5.91 Å². The molecule has 0 atom stereocenters. The molecule has 0 radical (unpaired) electrons. The number of carbonyl (C=O) groups excluding carboxylic acids is 1. The van der Waals surface area contributed by atoms with E-state index in [1.54, 1.807) is 7.11 Å². The van der Waals surface area contributed by atoms with Crippen molar-refractivity contribution in [1.82, 2.24) is 0 Å². The predicted molar refractivity (Wildman–Crippen MR) is 92.3 cm³/mol. The molecule has 0 aliphatic heterocycles. The maximum atomic E-state index is 12.1. The molecule has 122 valence electrons. The van der Waals surface area contributed by atoms with Crippen molar-refractivity contribution >= 4 is 11.6 Å². The van der Waals surface area contributed by atoms with Crippen molar-refractivity contribution in [1.29, 1.82) is 0 Å². The lowest BCUT2D eigenvalue weighted by molar-refractivity contribution is -0.116. The monoisotopic (exact) mass is 313 g/mol. The van der Waals surface area contributed by atoms with Gasteiger partial charge in [-0.15, -0.1) is 0 Å². The maximum Gasteiger partial charge on any atom is 0.224 e. The van der Waals surface area contributed by atoms with Gasteiger partial charge in [-0.3, -0.25) is 4.79 Å².